The van der Waals surface area contributed by atoms with Gasteiger partial charge in [-0.15, -0.1) is 0 Å². The number of hydrogen-bond acceptors (Lipinski definition) is 3. The van der Waals surface area contributed by atoms with Crippen LogP contribution >= 0.6 is 0 Å². The van der Waals surface area contributed by atoms with Crippen LogP contribution in [0.2, 0.25) is 0 Å². The van der Waals surface area contributed by atoms with Crippen molar-refractivity contribution in [2.24, 2.45) is 0 Å². The molecule has 0 spiro atoms. The fourth-order valence-corrected chi connectivity index (χ4v) is 1.87. The van der Waals surface area contributed by atoms with E-state index in [1.807, 2.05) is 0 Å². The Morgan fingerprint density at radius 1 is 1.67 bits per heavy atom. The number of Topliss-reactive ketones (excluding diaryl/α,β-unsaturated/α-hetero) is 1. The van der Waals surface area contributed by atoms with E-state index in [2.05, 4.69) is 4.90 Å². The average Bonchev–Trinajstić information content (AvgIpc) is 2.37. The van der Waals surface area contributed by atoms with Gasteiger partial charge in [-0.05, 0) is 32.7 Å². The second-order valence-corrected chi connectivity index (χ2v) is 3.48. The predicted octanol–water partition coefficient (Wildman–Crippen LogP) is 0.422. The lowest BCUT2D eigenvalue weighted by molar-refractivity contribution is -0.118. The van der Waals surface area contributed by atoms with Crippen LogP contribution in [0.15, 0.2) is 0 Å². The summed E-state index contributed by atoms with van der Waals surface area (Å²) in [6.45, 7) is 3.43. The molecule has 1 saturated heterocycles. The van der Waals surface area contributed by atoms with Crippen LogP contribution in [0, 0.1) is 0 Å². The Morgan fingerprint density at radius 2 is 2.42 bits per heavy atom. The van der Waals surface area contributed by atoms with Crippen LogP contribution in [-0.4, -0.2) is 41.5 Å². The maximum absolute atomic E-state index is 10.8. The molecule has 1 aliphatic rings. The van der Waals surface area contributed by atoms with E-state index in [1.54, 1.807) is 6.92 Å². The molecule has 12 heavy (non-hydrogen) atoms. The molecule has 0 aliphatic carbocycles. The zero-order valence-corrected chi connectivity index (χ0v) is 7.62. The predicted molar refractivity (Wildman–Crippen MR) is 47.0 cm³/mol. The molecule has 0 radical (unpaired) electrons. The molecule has 3 nitrogen and oxygen atoms in total. The molecule has 1 atom stereocenters. The quantitative estimate of drug-likeness (QED) is 0.666. The molecule has 0 bridgehead atoms. The van der Waals surface area contributed by atoms with Gasteiger partial charge in [0.15, 0.2) is 0 Å². The smallest absolute Gasteiger partial charge is 0.143 e. The molecule has 1 rings (SSSR count). The third-order valence-corrected chi connectivity index (χ3v) is 2.39. The second kappa shape index (κ2) is 4.58. The second-order valence-electron chi connectivity index (χ2n) is 3.48. The first-order chi connectivity index (χ1) is 5.74. The molecule has 1 fully saturated rings. The minimum atomic E-state index is 0.222. The van der Waals surface area contributed by atoms with Gasteiger partial charge in [0, 0.05) is 12.6 Å². The zero-order chi connectivity index (χ0) is 8.97. The van der Waals surface area contributed by atoms with Crippen LogP contribution in [-0.2, 0) is 4.79 Å². The van der Waals surface area contributed by atoms with Gasteiger partial charge in [-0.1, -0.05) is 0 Å². The highest BCUT2D eigenvalue weighted by atomic mass is 16.3. The largest absolute Gasteiger partial charge is 0.396 e. The first-order valence-corrected chi connectivity index (χ1v) is 4.58. The van der Waals surface area contributed by atoms with Gasteiger partial charge in [0.05, 0.1) is 6.54 Å². The molecular formula is C9H17NO2. The molecule has 3 heteroatoms. The fraction of sp³-hybridized carbons (Fsp3) is 0.889. The summed E-state index contributed by atoms with van der Waals surface area (Å²) in [7, 11) is 0. The van der Waals surface area contributed by atoms with Crippen molar-refractivity contribution >= 4 is 5.78 Å². The van der Waals surface area contributed by atoms with Gasteiger partial charge in [0.2, 0.25) is 0 Å². The van der Waals surface area contributed by atoms with E-state index in [4.69, 9.17) is 5.11 Å². The van der Waals surface area contributed by atoms with Crippen LogP contribution in [0.5, 0.6) is 0 Å². The molecule has 0 amide bonds. The standard InChI is InChI=1S/C9H17NO2/c1-8(12)7-10-5-2-3-9(10)4-6-11/h9,11H,2-7H2,1H3/t9-/m1/s1. The van der Waals surface area contributed by atoms with Crippen molar-refractivity contribution in [1.29, 1.82) is 0 Å². The van der Waals surface area contributed by atoms with E-state index in [-0.39, 0.29) is 12.4 Å². The maximum atomic E-state index is 10.8. The van der Waals surface area contributed by atoms with Crippen molar-refractivity contribution in [3.8, 4) is 0 Å². The molecule has 1 heterocycles. The lowest BCUT2D eigenvalue weighted by Crippen LogP contribution is -2.33. The molecule has 0 aromatic heterocycles. The van der Waals surface area contributed by atoms with Gasteiger partial charge in [0.25, 0.3) is 0 Å². The Balaban J connectivity index is 2.35. The van der Waals surface area contributed by atoms with Crippen LogP contribution in [0.4, 0.5) is 0 Å². The van der Waals surface area contributed by atoms with Gasteiger partial charge in [0.1, 0.15) is 5.78 Å². The van der Waals surface area contributed by atoms with E-state index < -0.39 is 0 Å². The molecule has 0 aromatic rings. The highest BCUT2D eigenvalue weighted by Gasteiger charge is 2.24. The summed E-state index contributed by atoms with van der Waals surface area (Å²) in [5.41, 5.74) is 0. The summed E-state index contributed by atoms with van der Waals surface area (Å²) in [6, 6.07) is 0.443. The first-order valence-electron chi connectivity index (χ1n) is 4.58. The summed E-state index contributed by atoms with van der Waals surface area (Å²) in [4.78, 5) is 13.0. The molecule has 0 unspecified atom stereocenters. The van der Waals surface area contributed by atoms with Gasteiger partial charge in [-0.2, -0.15) is 0 Å². The van der Waals surface area contributed by atoms with Crippen molar-refractivity contribution in [2.45, 2.75) is 32.2 Å². The third-order valence-electron chi connectivity index (χ3n) is 2.39. The fourth-order valence-electron chi connectivity index (χ4n) is 1.87. The summed E-state index contributed by atoms with van der Waals surface area (Å²) in [5.74, 6) is 0.222. The number of rotatable bonds is 4. The minimum absolute atomic E-state index is 0.222. The van der Waals surface area contributed by atoms with Crippen LogP contribution in [0.1, 0.15) is 26.2 Å². The zero-order valence-electron chi connectivity index (χ0n) is 7.62. The number of aliphatic hydroxyl groups excluding tert-OH is 1. The SMILES string of the molecule is CC(=O)CN1CCC[C@@H]1CCO. The van der Waals surface area contributed by atoms with Gasteiger partial charge < -0.3 is 5.11 Å². The number of likely N-dealkylation sites (tertiary alicyclic amines) is 1. The Bertz CT molecular complexity index is 159. The molecule has 70 valence electrons. The van der Waals surface area contributed by atoms with E-state index >= 15 is 0 Å². The number of carbonyl (C=O) groups is 1. The Kier molecular flexibility index (Phi) is 3.69. The van der Waals surface area contributed by atoms with Crippen molar-refractivity contribution in [1.82, 2.24) is 4.90 Å². The number of hydrogen-bond donors (Lipinski definition) is 1. The van der Waals surface area contributed by atoms with Gasteiger partial charge in [-0.3, -0.25) is 9.69 Å². The van der Waals surface area contributed by atoms with Gasteiger partial charge in [-0.25, -0.2) is 0 Å². The maximum Gasteiger partial charge on any atom is 0.143 e. The average molecular weight is 171 g/mol. The number of ketones is 1. The molecule has 1 N–H and O–H groups in total. The van der Waals surface area contributed by atoms with E-state index in [0.717, 1.165) is 25.8 Å². The molecule has 1 aliphatic heterocycles. The number of carbonyl (C=O) groups excluding carboxylic acids is 1. The Morgan fingerprint density at radius 3 is 3.00 bits per heavy atom. The summed E-state index contributed by atoms with van der Waals surface area (Å²) in [6.07, 6.45) is 3.11. The molecule has 0 aromatic carbocycles. The normalized spacial score (nSPS) is 24.7. The topological polar surface area (TPSA) is 40.5 Å². The van der Waals surface area contributed by atoms with Crippen LogP contribution in [0.3, 0.4) is 0 Å². The van der Waals surface area contributed by atoms with Crippen molar-refractivity contribution in [2.75, 3.05) is 19.7 Å². The van der Waals surface area contributed by atoms with Crippen molar-refractivity contribution in [3.05, 3.63) is 0 Å². The third kappa shape index (κ3) is 2.57. The van der Waals surface area contributed by atoms with E-state index in [1.165, 1.54) is 0 Å². The van der Waals surface area contributed by atoms with Crippen molar-refractivity contribution in [3.63, 3.8) is 0 Å². The van der Waals surface area contributed by atoms with Crippen LogP contribution in [0.25, 0.3) is 0 Å². The summed E-state index contributed by atoms with van der Waals surface area (Å²) in [5, 5.41) is 8.77. The highest BCUT2D eigenvalue weighted by Crippen LogP contribution is 2.18. The van der Waals surface area contributed by atoms with Crippen LogP contribution < -0.4 is 0 Å². The lowest BCUT2D eigenvalue weighted by atomic mass is 10.1. The Hall–Kier alpha value is -0.410. The van der Waals surface area contributed by atoms with E-state index in [9.17, 15) is 4.79 Å². The molecule has 0 saturated carbocycles. The number of aliphatic hydroxyl groups is 1. The Labute approximate surface area is 73.4 Å². The van der Waals surface area contributed by atoms with Crippen molar-refractivity contribution < 1.29 is 9.90 Å². The summed E-state index contributed by atoms with van der Waals surface area (Å²) >= 11 is 0. The number of nitrogens with zero attached hydrogens (tertiary/aromatic N) is 1. The minimum Gasteiger partial charge on any atom is -0.396 e. The van der Waals surface area contributed by atoms with Gasteiger partial charge >= 0.3 is 0 Å². The highest BCUT2D eigenvalue weighted by molar-refractivity contribution is 5.77. The first kappa shape index (κ1) is 9.68. The monoisotopic (exact) mass is 171 g/mol. The molecular weight excluding hydrogens is 154 g/mol. The van der Waals surface area contributed by atoms with E-state index in [0.29, 0.717) is 12.6 Å². The lowest BCUT2D eigenvalue weighted by Gasteiger charge is -2.21. The summed E-state index contributed by atoms with van der Waals surface area (Å²) < 4.78 is 0.